The summed E-state index contributed by atoms with van der Waals surface area (Å²) in [6.07, 6.45) is 6.44. The van der Waals surface area contributed by atoms with Gasteiger partial charge in [0.05, 0.1) is 6.10 Å². The highest BCUT2D eigenvalue weighted by Gasteiger charge is 2.38. The highest BCUT2D eigenvalue weighted by molar-refractivity contribution is 5.45. The Balaban J connectivity index is 1.55. The highest BCUT2D eigenvalue weighted by atomic mass is 16.5. The molecule has 1 saturated carbocycles. The number of hydrogen-bond acceptors (Lipinski definition) is 3. The zero-order chi connectivity index (χ0) is 13.4. The third-order valence-electron chi connectivity index (χ3n) is 4.52. The van der Waals surface area contributed by atoms with E-state index in [0.717, 1.165) is 36.4 Å². The van der Waals surface area contributed by atoms with Gasteiger partial charge in [-0.3, -0.25) is 0 Å². The van der Waals surface area contributed by atoms with Crippen molar-refractivity contribution in [1.82, 2.24) is 15.1 Å². The average molecular weight is 269 g/mol. The van der Waals surface area contributed by atoms with Crippen molar-refractivity contribution in [3.05, 3.63) is 42.7 Å². The van der Waals surface area contributed by atoms with Gasteiger partial charge in [-0.25, -0.2) is 4.68 Å². The molecule has 4 heteroatoms. The summed E-state index contributed by atoms with van der Waals surface area (Å²) >= 11 is 0. The van der Waals surface area contributed by atoms with Crippen molar-refractivity contribution in [3.8, 4) is 11.4 Å². The van der Waals surface area contributed by atoms with Gasteiger partial charge in [-0.15, -0.1) is 0 Å². The van der Waals surface area contributed by atoms with Gasteiger partial charge in [0.1, 0.15) is 11.4 Å². The first-order valence-corrected chi connectivity index (χ1v) is 7.36. The third-order valence-corrected chi connectivity index (χ3v) is 4.52. The molecule has 1 saturated heterocycles. The molecule has 1 aliphatic heterocycles. The first-order chi connectivity index (χ1) is 9.90. The van der Waals surface area contributed by atoms with Gasteiger partial charge in [-0.05, 0) is 56.0 Å². The Morgan fingerprint density at radius 3 is 2.65 bits per heavy atom. The second kappa shape index (κ2) is 4.94. The zero-order valence-corrected chi connectivity index (χ0v) is 11.4. The largest absolute Gasteiger partial charge is 0.488 e. The number of nitrogens with one attached hydrogen (secondary N) is 1. The smallest absolute Gasteiger partial charge is 0.145 e. The van der Waals surface area contributed by atoms with Crippen molar-refractivity contribution in [2.24, 2.45) is 11.8 Å². The molecule has 2 fully saturated rings. The molecule has 0 unspecified atom stereocenters. The fraction of sp³-hybridized carbons (Fsp3) is 0.438. The maximum atomic E-state index is 6.28. The Morgan fingerprint density at radius 2 is 1.90 bits per heavy atom. The van der Waals surface area contributed by atoms with Gasteiger partial charge in [-0.2, -0.15) is 5.10 Å². The fourth-order valence-corrected chi connectivity index (χ4v) is 3.54. The zero-order valence-electron chi connectivity index (χ0n) is 11.4. The van der Waals surface area contributed by atoms with E-state index in [0.29, 0.717) is 6.10 Å². The minimum absolute atomic E-state index is 0.351. The lowest BCUT2D eigenvalue weighted by Crippen LogP contribution is -2.19. The predicted molar refractivity (Wildman–Crippen MR) is 77.1 cm³/mol. The molecule has 0 spiro atoms. The van der Waals surface area contributed by atoms with Crippen LogP contribution in [0, 0.1) is 11.8 Å². The van der Waals surface area contributed by atoms with E-state index >= 15 is 0 Å². The summed E-state index contributed by atoms with van der Waals surface area (Å²) in [7, 11) is 0. The Labute approximate surface area is 118 Å². The second-order valence-corrected chi connectivity index (χ2v) is 5.81. The lowest BCUT2D eigenvalue weighted by atomic mass is 10.0. The van der Waals surface area contributed by atoms with Crippen LogP contribution in [-0.2, 0) is 0 Å². The number of rotatable bonds is 3. The number of nitrogens with zero attached hydrogens (tertiary/aromatic N) is 2. The van der Waals surface area contributed by atoms with Crippen molar-refractivity contribution in [1.29, 1.82) is 0 Å². The molecular formula is C16H19N3O. The molecule has 2 heterocycles. The van der Waals surface area contributed by atoms with E-state index < -0.39 is 0 Å². The number of benzene rings is 1. The molecule has 1 aromatic heterocycles. The Kier molecular flexibility index (Phi) is 2.96. The average Bonchev–Trinajstić information content (AvgIpc) is 3.15. The van der Waals surface area contributed by atoms with E-state index in [4.69, 9.17) is 4.74 Å². The number of aromatic nitrogens is 2. The standard InChI is InChI=1S/C16H19N3O/c1-2-5-16(15(4-1)19-7-3-6-18-19)20-14-8-12-10-17-11-13(12)9-14/h1-7,12-14,17H,8-11H2/t12-,13+,14+. The molecular weight excluding hydrogens is 250 g/mol. The van der Waals surface area contributed by atoms with Crippen LogP contribution in [0.5, 0.6) is 5.75 Å². The molecule has 1 aliphatic carbocycles. The van der Waals surface area contributed by atoms with E-state index in [9.17, 15) is 0 Å². The van der Waals surface area contributed by atoms with Crippen molar-refractivity contribution < 1.29 is 4.74 Å². The van der Waals surface area contributed by atoms with Gasteiger partial charge >= 0.3 is 0 Å². The second-order valence-electron chi connectivity index (χ2n) is 5.81. The predicted octanol–water partition coefficient (Wildman–Crippen LogP) is 2.25. The monoisotopic (exact) mass is 269 g/mol. The van der Waals surface area contributed by atoms with Crippen LogP contribution in [-0.4, -0.2) is 29.0 Å². The van der Waals surface area contributed by atoms with Gasteiger partial charge < -0.3 is 10.1 Å². The molecule has 1 N–H and O–H groups in total. The first-order valence-electron chi connectivity index (χ1n) is 7.36. The number of hydrogen-bond donors (Lipinski definition) is 1. The van der Waals surface area contributed by atoms with Crippen molar-refractivity contribution >= 4 is 0 Å². The molecule has 0 bridgehead atoms. The third kappa shape index (κ3) is 2.10. The molecule has 0 amide bonds. The first kappa shape index (κ1) is 12.0. The van der Waals surface area contributed by atoms with Crippen LogP contribution in [0.25, 0.3) is 5.69 Å². The lowest BCUT2D eigenvalue weighted by molar-refractivity contribution is 0.198. The van der Waals surface area contributed by atoms with Gasteiger partial charge in [0.2, 0.25) is 0 Å². The lowest BCUT2D eigenvalue weighted by Gasteiger charge is -2.17. The van der Waals surface area contributed by atoms with E-state index in [1.807, 2.05) is 35.1 Å². The Morgan fingerprint density at radius 1 is 1.10 bits per heavy atom. The van der Waals surface area contributed by atoms with Crippen LogP contribution in [0.2, 0.25) is 0 Å². The SMILES string of the molecule is c1ccc(-n2cccn2)c(O[C@@H]2C[C@H]3CNC[C@H]3C2)c1. The highest BCUT2D eigenvalue weighted by Crippen LogP contribution is 2.37. The van der Waals surface area contributed by atoms with E-state index in [2.05, 4.69) is 16.5 Å². The molecule has 4 nitrogen and oxygen atoms in total. The normalized spacial score (nSPS) is 28.5. The molecule has 0 radical (unpaired) electrons. The fourth-order valence-electron chi connectivity index (χ4n) is 3.54. The van der Waals surface area contributed by atoms with Crippen LogP contribution in [0.4, 0.5) is 0 Å². The van der Waals surface area contributed by atoms with Gasteiger partial charge in [0.25, 0.3) is 0 Å². The van der Waals surface area contributed by atoms with Crippen molar-refractivity contribution in [2.75, 3.05) is 13.1 Å². The topological polar surface area (TPSA) is 39.1 Å². The summed E-state index contributed by atoms with van der Waals surface area (Å²) in [5.74, 6) is 2.54. The minimum atomic E-state index is 0.351. The van der Waals surface area contributed by atoms with E-state index in [1.165, 1.54) is 12.8 Å². The van der Waals surface area contributed by atoms with Crippen molar-refractivity contribution in [3.63, 3.8) is 0 Å². The summed E-state index contributed by atoms with van der Waals surface area (Å²) in [5.41, 5.74) is 1.02. The van der Waals surface area contributed by atoms with Gasteiger partial charge in [0, 0.05) is 12.4 Å². The maximum Gasteiger partial charge on any atom is 0.145 e. The summed E-state index contributed by atoms with van der Waals surface area (Å²) < 4.78 is 8.15. The molecule has 104 valence electrons. The summed E-state index contributed by atoms with van der Waals surface area (Å²) in [6.45, 7) is 2.32. The van der Waals surface area contributed by atoms with Gasteiger partial charge in [0.15, 0.2) is 0 Å². The van der Waals surface area contributed by atoms with E-state index in [-0.39, 0.29) is 0 Å². The van der Waals surface area contributed by atoms with Gasteiger partial charge in [-0.1, -0.05) is 12.1 Å². The number of para-hydroxylation sites is 2. The van der Waals surface area contributed by atoms with Crippen LogP contribution in [0.15, 0.2) is 42.7 Å². The van der Waals surface area contributed by atoms with E-state index in [1.54, 1.807) is 6.20 Å². The Hall–Kier alpha value is -1.81. The summed E-state index contributed by atoms with van der Waals surface area (Å²) in [4.78, 5) is 0. The maximum absolute atomic E-state index is 6.28. The molecule has 3 atom stereocenters. The van der Waals surface area contributed by atoms with Crippen LogP contribution < -0.4 is 10.1 Å². The number of fused-ring (bicyclic) bond motifs is 1. The van der Waals surface area contributed by atoms with Crippen LogP contribution in [0.3, 0.4) is 0 Å². The number of ether oxygens (including phenoxy) is 1. The Bertz CT molecular complexity index is 569. The molecule has 1 aromatic carbocycles. The van der Waals surface area contributed by atoms with Crippen molar-refractivity contribution in [2.45, 2.75) is 18.9 Å². The minimum Gasteiger partial charge on any atom is -0.488 e. The molecule has 2 aliphatic rings. The molecule has 2 aromatic rings. The summed E-state index contributed by atoms with van der Waals surface area (Å²) in [6, 6.07) is 10.1. The quantitative estimate of drug-likeness (QED) is 0.929. The summed E-state index contributed by atoms with van der Waals surface area (Å²) in [5, 5.41) is 7.78. The van der Waals surface area contributed by atoms with Crippen LogP contribution >= 0.6 is 0 Å². The molecule has 20 heavy (non-hydrogen) atoms. The molecule has 4 rings (SSSR count). The van der Waals surface area contributed by atoms with Crippen LogP contribution in [0.1, 0.15) is 12.8 Å².